The van der Waals surface area contributed by atoms with Gasteiger partial charge in [-0.3, -0.25) is 4.79 Å². The average Bonchev–Trinajstić information content (AvgIpc) is 2.82. The number of carbonyl (C=O) groups excluding carboxylic acids is 1. The first-order valence-electron chi connectivity index (χ1n) is 13.8. The minimum absolute atomic E-state index is 0.0221. The molecule has 9 atom stereocenters. The Labute approximate surface area is 205 Å². The van der Waals surface area contributed by atoms with Gasteiger partial charge in [-0.25, -0.2) is 0 Å². The van der Waals surface area contributed by atoms with Crippen LogP contribution in [0.4, 0.5) is 0 Å². The number of hydrogen-bond donors (Lipinski definition) is 2. The summed E-state index contributed by atoms with van der Waals surface area (Å²) in [5, 5.41) is 23.0. The first kappa shape index (κ1) is 23.9. The average molecular weight is 463 g/mol. The highest BCUT2D eigenvalue weighted by Gasteiger charge is 2.56. The Hall–Kier alpha value is -1.86. The van der Waals surface area contributed by atoms with Gasteiger partial charge in [0.05, 0.1) is 17.2 Å². The molecular weight excluding hydrogens is 420 g/mol. The standard InChI is InChI=1S/C30H42N2O2/c1-19(32-28(33)21-9-7-20(18-31)8-10-21)26-5-4-6-27-25-12-11-22-17-29(2,34)15-13-23(22)24(25)14-16-30(26,27)3/h7-10,19,22-27,34H,4-6,11-17H2,1-3H3,(H,32,33)/t19-,22+,23-,24?,25+,26+,27-,29+,30+/m0/s1. The lowest BCUT2D eigenvalue weighted by molar-refractivity contribution is -0.130. The van der Waals surface area contributed by atoms with Gasteiger partial charge < -0.3 is 10.4 Å². The number of nitrogens with zero attached hydrogens (tertiary/aromatic N) is 1. The number of carbonyl (C=O) groups is 1. The summed E-state index contributed by atoms with van der Waals surface area (Å²) in [5.74, 6) is 4.47. The van der Waals surface area contributed by atoms with Crippen molar-refractivity contribution < 1.29 is 9.90 Å². The summed E-state index contributed by atoms with van der Waals surface area (Å²) in [6.45, 7) is 6.80. The summed E-state index contributed by atoms with van der Waals surface area (Å²) in [6.07, 6.45) is 12.2. The van der Waals surface area contributed by atoms with Gasteiger partial charge in [-0.2, -0.15) is 5.26 Å². The predicted octanol–water partition coefficient (Wildman–Crippen LogP) is 6.09. The molecule has 0 radical (unpaired) electrons. The lowest BCUT2D eigenvalue weighted by Gasteiger charge is -2.61. The van der Waals surface area contributed by atoms with E-state index in [1.165, 1.54) is 51.4 Å². The van der Waals surface area contributed by atoms with E-state index in [1.807, 2.05) is 6.92 Å². The van der Waals surface area contributed by atoms with Crippen LogP contribution in [-0.4, -0.2) is 22.7 Å². The van der Waals surface area contributed by atoms with Gasteiger partial charge in [0.1, 0.15) is 0 Å². The Morgan fingerprint density at radius 1 is 1.03 bits per heavy atom. The Kier molecular flexibility index (Phi) is 6.30. The fourth-order valence-corrected chi connectivity index (χ4v) is 9.23. The Morgan fingerprint density at radius 2 is 1.76 bits per heavy atom. The highest BCUT2D eigenvalue weighted by Crippen LogP contribution is 2.63. The highest BCUT2D eigenvalue weighted by molar-refractivity contribution is 5.94. The lowest BCUT2D eigenvalue weighted by Crippen LogP contribution is -2.57. The predicted molar refractivity (Wildman–Crippen MR) is 134 cm³/mol. The van der Waals surface area contributed by atoms with Crippen LogP contribution in [-0.2, 0) is 0 Å². The highest BCUT2D eigenvalue weighted by atomic mass is 16.3. The largest absolute Gasteiger partial charge is 0.390 e. The minimum atomic E-state index is -0.449. The van der Waals surface area contributed by atoms with Crippen LogP contribution < -0.4 is 5.32 Å². The molecule has 4 heteroatoms. The molecule has 0 saturated heterocycles. The van der Waals surface area contributed by atoms with Crippen molar-refractivity contribution in [3.8, 4) is 6.07 Å². The molecule has 4 fully saturated rings. The van der Waals surface area contributed by atoms with Crippen LogP contribution in [0.3, 0.4) is 0 Å². The van der Waals surface area contributed by atoms with E-state index in [4.69, 9.17) is 5.26 Å². The summed E-state index contributed by atoms with van der Waals surface area (Å²) in [7, 11) is 0. The van der Waals surface area contributed by atoms with E-state index in [-0.39, 0.29) is 11.9 Å². The summed E-state index contributed by atoms with van der Waals surface area (Å²) in [6, 6.07) is 9.23. The molecule has 0 aromatic heterocycles. The van der Waals surface area contributed by atoms with Crippen molar-refractivity contribution in [1.82, 2.24) is 5.32 Å². The van der Waals surface area contributed by atoms with Gasteiger partial charge >= 0.3 is 0 Å². The molecule has 1 unspecified atom stereocenters. The summed E-state index contributed by atoms with van der Waals surface area (Å²) >= 11 is 0. The number of rotatable bonds is 3. The van der Waals surface area contributed by atoms with Crippen molar-refractivity contribution in [1.29, 1.82) is 5.26 Å². The SMILES string of the molecule is C[C@H](NC(=O)c1ccc(C#N)cc1)[C@H]1CCC[C@H]2[C@@H]3CC[C@@H]4C[C@](C)(O)CC[C@@H]4C3CC[C@]12C. The van der Waals surface area contributed by atoms with Crippen LogP contribution in [0.15, 0.2) is 24.3 Å². The van der Waals surface area contributed by atoms with Crippen molar-refractivity contribution in [2.45, 2.75) is 96.6 Å². The van der Waals surface area contributed by atoms with Crippen LogP contribution in [0, 0.1) is 52.3 Å². The van der Waals surface area contributed by atoms with E-state index < -0.39 is 5.60 Å². The molecule has 34 heavy (non-hydrogen) atoms. The number of hydrogen-bond acceptors (Lipinski definition) is 3. The molecule has 184 valence electrons. The third-order valence-electron chi connectivity index (χ3n) is 10.8. The van der Waals surface area contributed by atoms with Crippen LogP contribution >= 0.6 is 0 Å². The summed E-state index contributed by atoms with van der Waals surface area (Å²) in [4.78, 5) is 13.0. The van der Waals surface area contributed by atoms with Crippen LogP contribution in [0.2, 0.25) is 0 Å². The second-order valence-corrected chi connectivity index (χ2v) is 12.7. The molecule has 4 saturated carbocycles. The second-order valence-electron chi connectivity index (χ2n) is 12.7. The Balaban J connectivity index is 1.29. The molecule has 0 bridgehead atoms. The van der Waals surface area contributed by atoms with Crippen molar-refractivity contribution in [2.75, 3.05) is 0 Å². The molecule has 1 aromatic carbocycles. The van der Waals surface area contributed by atoms with Gasteiger partial charge in [-0.15, -0.1) is 0 Å². The molecular formula is C30H42N2O2. The van der Waals surface area contributed by atoms with E-state index in [1.54, 1.807) is 24.3 Å². The topological polar surface area (TPSA) is 73.1 Å². The molecule has 0 aliphatic heterocycles. The van der Waals surface area contributed by atoms with E-state index in [0.717, 1.165) is 42.4 Å². The maximum atomic E-state index is 13.0. The second kappa shape index (κ2) is 8.98. The number of amides is 1. The molecule has 4 aliphatic carbocycles. The number of aliphatic hydroxyl groups is 1. The number of nitriles is 1. The number of fused-ring (bicyclic) bond motifs is 5. The molecule has 0 heterocycles. The van der Waals surface area contributed by atoms with Crippen molar-refractivity contribution in [3.05, 3.63) is 35.4 Å². The van der Waals surface area contributed by atoms with Crippen LogP contribution in [0.1, 0.15) is 101 Å². The number of nitrogens with one attached hydrogen (secondary N) is 1. The molecule has 2 N–H and O–H groups in total. The molecule has 4 aliphatic rings. The zero-order valence-corrected chi connectivity index (χ0v) is 21.2. The van der Waals surface area contributed by atoms with E-state index in [0.29, 0.717) is 22.5 Å². The van der Waals surface area contributed by atoms with Crippen molar-refractivity contribution in [3.63, 3.8) is 0 Å². The molecule has 1 amide bonds. The van der Waals surface area contributed by atoms with Gasteiger partial charge in [0, 0.05) is 11.6 Å². The van der Waals surface area contributed by atoms with Crippen molar-refractivity contribution >= 4 is 5.91 Å². The van der Waals surface area contributed by atoms with Gasteiger partial charge in [0.15, 0.2) is 0 Å². The van der Waals surface area contributed by atoms with E-state index in [2.05, 4.69) is 25.2 Å². The molecule has 5 rings (SSSR count). The third kappa shape index (κ3) is 4.19. The zero-order valence-electron chi connectivity index (χ0n) is 21.2. The fraction of sp³-hybridized carbons (Fsp3) is 0.733. The normalized spacial score (nSPS) is 42.3. The quantitative estimate of drug-likeness (QED) is 0.571. The van der Waals surface area contributed by atoms with Gasteiger partial charge in [0.25, 0.3) is 5.91 Å². The minimum Gasteiger partial charge on any atom is -0.390 e. The Bertz CT molecular complexity index is 948. The van der Waals surface area contributed by atoms with Crippen molar-refractivity contribution in [2.24, 2.45) is 40.9 Å². The van der Waals surface area contributed by atoms with Crippen LogP contribution in [0.25, 0.3) is 0 Å². The smallest absolute Gasteiger partial charge is 0.251 e. The van der Waals surface area contributed by atoms with Gasteiger partial charge in [0.2, 0.25) is 0 Å². The molecule has 0 spiro atoms. The monoisotopic (exact) mass is 462 g/mol. The first-order chi connectivity index (χ1) is 16.2. The summed E-state index contributed by atoms with van der Waals surface area (Å²) in [5.41, 5.74) is 1.07. The van der Waals surface area contributed by atoms with Crippen LogP contribution in [0.5, 0.6) is 0 Å². The Morgan fingerprint density at radius 3 is 2.50 bits per heavy atom. The van der Waals surface area contributed by atoms with E-state index in [9.17, 15) is 9.90 Å². The maximum absolute atomic E-state index is 13.0. The first-order valence-corrected chi connectivity index (χ1v) is 13.8. The summed E-state index contributed by atoms with van der Waals surface area (Å²) < 4.78 is 0. The fourth-order valence-electron chi connectivity index (χ4n) is 9.23. The third-order valence-corrected chi connectivity index (χ3v) is 10.8. The van der Waals surface area contributed by atoms with Gasteiger partial charge in [-0.1, -0.05) is 13.3 Å². The molecule has 1 aromatic rings. The lowest BCUT2D eigenvalue weighted by atomic mass is 9.44. The van der Waals surface area contributed by atoms with E-state index >= 15 is 0 Å². The number of benzene rings is 1. The molecule has 4 nitrogen and oxygen atoms in total. The maximum Gasteiger partial charge on any atom is 0.251 e. The zero-order chi connectivity index (χ0) is 24.1. The van der Waals surface area contributed by atoms with Gasteiger partial charge in [-0.05, 0) is 137 Å².